The van der Waals surface area contributed by atoms with Gasteiger partial charge in [0.2, 0.25) is 11.8 Å². The van der Waals surface area contributed by atoms with E-state index in [9.17, 15) is 9.59 Å². The monoisotopic (exact) mass is 540 g/mol. The lowest BCUT2D eigenvalue weighted by atomic mass is 9.99. The molecule has 2 aromatic carbocycles. The Hall–Kier alpha value is -3.16. The van der Waals surface area contributed by atoms with Crippen molar-refractivity contribution in [3.05, 3.63) is 64.6 Å². The molecule has 1 aliphatic rings. The summed E-state index contributed by atoms with van der Waals surface area (Å²) in [6, 6.07) is 7.67. The molecule has 0 saturated carbocycles. The number of nitrogens with one attached hydrogen (secondary N) is 1. The Bertz CT molecular complexity index is 1330. The van der Waals surface area contributed by atoms with Crippen LogP contribution >= 0.6 is 23.2 Å². The molecule has 0 bridgehead atoms. The van der Waals surface area contributed by atoms with Crippen LogP contribution in [-0.2, 0) is 22.4 Å². The summed E-state index contributed by atoms with van der Waals surface area (Å²) in [6.07, 6.45) is 5.26. The predicted octanol–water partition coefficient (Wildman–Crippen LogP) is 5.26. The molecule has 37 heavy (non-hydrogen) atoms. The fourth-order valence-electron chi connectivity index (χ4n) is 4.91. The van der Waals surface area contributed by atoms with Crippen LogP contribution in [0.4, 0.5) is 0 Å². The van der Waals surface area contributed by atoms with Crippen LogP contribution in [-0.4, -0.2) is 52.9 Å². The van der Waals surface area contributed by atoms with Crippen LogP contribution in [0.25, 0.3) is 22.0 Å². The maximum Gasteiger partial charge on any atom is 0.246 e. The van der Waals surface area contributed by atoms with Crippen LogP contribution in [0.5, 0.6) is 5.75 Å². The Kier molecular flexibility index (Phi) is 8.35. The second-order valence-electron chi connectivity index (χ2n) is 9.25. The Labute approximate surface area is 226 Å². The first kappa shape index (κ1) is 26.9. The van der Waals surface area contributed by atoms with Gasteiger partial charge in [0.05, 0.1) is 22.7 Å². The van der Waals surface area contributed by atoms with E-state index in [4.69, 9.17) is 32.9 Å². The Morgan fingerprint density at radius 3 is 2.73 bits per heavy atom. The van der Waals surface area contributed by atoms with Crippen LogP contribution in [0.2, 0.25) is 10.0 Å². The fraction of sp³-hybridized carbons (Fsp3) is 0.357. The van der Waals surface area contributed by atoms with Gasteiger partial charge in [0.25, 0.3) is 0 Å². The van der Waals surface area contributed by atoms with Gasteiger partial charge in [0.15, 0.2) is 0 Å². The van der Waals surface area contributed by atoms with Crippen molar-refractivity contribution < 1.29 is 14.3 Å². The molecule has 0 radical (unpaired) electrons. The summed E-state index contributed by atoms with van der Waals surface area (Å²) in [4.78, 5) is 34.9. The van der Waals surface area contributed by atoms with Crippen LogP contribution in [0, 0.1) is 5.92 Å². The molecule has 0 spiro atoms. The number of aryl methyl sites for hydroxylation is 1. The van der Waals surface area contributed by atoms with Crippen molar-refractivity contribution in [1.82, 2.24) is 20.2 Å². The number of amides is 2. The topological polar surface area (TPSA) is 84.4 Å². The zero-order valence-electron chi connectivity index (χ0n) is 21.2. The Morgan fingerprint density at radius 1 is 1.27 bits per heavy atom. The minimum Gasteiger partial charge on any atom is -0.495 e. The summed E-state index contributed by atoms with van der Waals surface area (Å²) in [5.41, 5.74) is 3.37. The second-order valence-corrected chi connectivity index (χ2v) is 10.0. The lowest BCUT2D eigenvalue weighted by Gasteiger charge is -2.23. The van der Waals surface area contributed by atoms with E-state index in [0.29, 0.717) is 41.1 Å². The molecule has 1 aromatic heterocycles. The number of halogens is 2. The van der Waals surface area contributed by atoms with E-state index in [1.165, 1.54) is 13.0 Å². The van der Waals surface area contributed by atoms with Gasteiger partial charge in [0, 0.05) is 49.6 Å². The first-order valence-electron chi connectivity index (χ1n) is 12.2. The molecule has 9 heteroatoms. The number of aromatic nitrogens is 2. The second kappa shape index (κ2) is 11.5. The van der Waals surface area contributed by atoms with E-state index in [2.05, 4.69) is 16.9 Å². The van der Waals surface area contributed by atoms with Crippen LogP contribution in [0.3, 0.4) is 0 Å². The van der Waals surface area contributed by atoms with E-state index >= 15 is 0 Å². The zero-order valence-corrected chi connectivity index (χ0v) is 22.7. The maximum atomic E-state index is 12.4. The van der Waals surface area contributed by atoms with E-state index in [1.807, 2.05) is 31.2 Å². The number of benzene rings is 2. The highest BCUT2D eigenvalue weighted by Gasteiger charge is 2.34. The van der Waals surface area contributed by atoms with Crippen molar-refractivity contribution in [3.8, 4) is 16.9 Å². The average Bonchev–Trinajstić information content (AvgIpc) is 3.29. The molecule has 4 rings (SSSR count). The molecule has 1 N–H and O–H groups in total. The highest BCUT2D eigenvalue weighted by molar-refractivity contribution is 6.40. The Balaban J connectivity index is 1.58. The first-order chi connectivity index (χ1) is 17.7. The minimum atomic E-state index is -0.133. The van der Waals surface area contributed by atoms with Gasteiger partial charge in [-0.3, -0.25) is 9.59 Å². The van der Waals surface area contributed by atoms with E-state index in [0.717, 1.165) is 40.4 Å². The molecule has 0 unspecified atom stereocenters. The lowest BCUT2D eigenvalue weighted by Crippen LogP contribution is -2.42. The smallest absolute Gasteiger partial charge is 0.246 e. The standard InChI is InChI=1S/C28H30Cl2N4O3/c1-5-18-12-23(37-4)28(30)26(27(18)29)19-7-8-22-20(11-19)13-32-24(33-22)10-17-9-21(14-31-16(3)35)34(15-17)25(36)6-2/h6-8,11-13,17,21H,2,5,9-10,14-15H2,1,3-4H3,(H,31,35)/t17-,21+/m1/s1. The number of hydrogen-bond donors (Lipinski definition) is 1. The van der Waals surface area contributed by atoms with Gasteiger partial charge in [-0.05, 0) is 54.2 Å². The predicted molar refractivity (Wildman–Crippen MR) is 147 cm³/mol. The highest BCUT2D eigenvalue weighted by Crippen LogP contribution is 2.43. The third-order valence-electron chi connectivity index (χ3n) is 6.78. The summed E-state index contributed by atoms with van der Waals surface area (Å²) in [7, 11) is 1.59. The van der Waals surface area contributed by atoms with Gasteiger partial charge in [-0.2, -0.15) is 0 Å². The van der Waals surface area contributed by atoms with Gasteiger partial charge in [-0.15, -0.1) is 0 Å². The quantitative estimate of drug-likeness (QED) is 0.394. The zero-order chi connectivity index (χ0) is 26.7. The number of carbonyl (C=O) groups excluding carboxylic acids is 2. The molecular weight excluding hydrogens is 511 g/mol. The largest absolute Gasteiger partial charge is 0.495 e. The summed E-state index contributed by atoms with van der Waals surface area (Å²) < 4.78 is 5.47. The van der Waals surface area contributed by atoms with Gasteiger partial charge in [-0.25, -0.2) is 9.97 Å². The summed E-state index contributed by atoms with van der Waals surface area (Å²) in [5.74, 6) is 1.23. The third kappa shape index (κ3) is 5.73. The van der Waals surface area contributed by atoms with Crippen molar-refractivity contribution in [2.75, 3.05) is 20.2 Å². The normalized spacial score (nSPS) is 17.2. The first-order valence-corrected chi connectivity index (χ1v) is 13.0. The lowest BCUT2D eigenvalue weighted by molar-refractivity contribution is -0.127. The molecule has 1 fully saturated rings. The molecule has 0 aliphatic carbocycles. The number of nitrogens with zero attached hydrogens (tertiary/aromatic N) is 3. The summed E-state index contributed by atoms with van der Waals surface area (Å²) in [5, 5.41) is 4.77. The molecule has 7 nitrogen and oxygen atoms in total. The summed E-state index contributed by atoms with van der Waals surface area (Å²) >= 11 is 13.4. The number of ether oxygens (including phenoxy) is 1. The van der Waals surface area contributed by atoms with Gasteiger partial charge in [0.1, 0.15) is 11.6 Å². The van der Waals surface area contributed by atoms with Gasteiger partial charge >= 0.3 is 0 Å². The average molecular weight is 541 g/mol. The number of hydrogen-bond acceptors (Lipinski definition) is 5. The van der Waals surface area contributed by atoms with Crippen molar-refractivity contribution in [2.45, 2.75) is 39.2 Å². The molecule has 3 aromatic rings. The van der Waals surface area contributed by atoms with Crippen LogP contribution in [0.15, 0.2) is 43.1 Å². The van der Waals surface area contributed by atoms with Crippen LogP contribution < -0.4 is 10.1 Å². The number of methoxy groups -OCH3 is 1. The van der Waals surface area contributed by atoms with Crippen molar-refractivity contribution in [3.63, 3.8) is 0 Å². The van der Waals surface area contributed by atoms with Crippen molar-refractivity contribution in [2.24, 2.45) is 5.92 Å². The molecule has 1 aliphatic heterocycles. The van der Waals surface area contributed by atoms with Crippen molar-refractivity contribution >= 4 is 45.9 Å². The fourth-order valence-corrected chi connectivity index (χ4v) is 5.69. The third-order valence-corrected chi connectivity index (χ3v) is 7.59. The summed E-state index contributed by atoms with van der Waals surface area (Å²) in [6.45, 7) is 8.11. The van der Waals surface area contributed by atoms with E-state index in [-0.39, 0.29) is 23.8 Å². The highest BCUT2D eigenvalue weighted by atomic mass is 35.5. The van der Waals surface area contributed by atoms with E-state index in [1.54, 1.807) is 18.2 Å². The molecule has 2 amide bonds. The number of likely N-dealkylation sites (tertiary alicyclic amines) is 1. The number of carbonyl (C=O) groups is 2. The molecule has 2 heterocycles. The molecule has 2 atom stereocenters. The van der Waals surface area contributed by atoms with Gasteiger partial charge < -0.3 is 15.0 Å². The Morgan fingerprint density at radius 2 is 2.05 bits per heavy atom. The van der Waals surface area contributed by atoms with Crippen LogP contribution in [0.1, 0.15) is 31.7 Å². The van der Waals surface area contributed by atoms with Crippen molar-refractivity contribution in [1.29, 1.82) is 0 Å². The SMILES string of the molecule is C=CC(=O)N1C[C@@H](Cc2ncc3cc(-c4c(Cl)c(CC)cc(OC)c4Cl)ccc3n2)C[C@H]1CNC(C)=O. The molecular formula is C28H30Cl2N4O3. The van der Waals surface area contributed by atoms with E-state index < -0.39 is 0 Å². The number of rotatable bonds is 8. The molecule has 1 saturated heterocycles. The maximum absolute atomic E-state index is 12.4. The van der Waals surface area contributed by atoms with Gasteiger partial charge in [-0.1, -0.05) is 42.8 Å². The minimum absolute atomic E-state index is 0.0761. The molecule has 194 valence electrons. The number of fused-ring (bicyclic) bond motifs is 1.